The third-order valence-corrected chi connectivity index (χ3v) is 3.16. The summed E-state index contributed by atoms with van der Waals surface area (Å²) in [7, 11) is 0. The van der Waals surface area contributed by atoms with Gasteiger partial charge in [-0.15, -0.1) is 10.2 Å². The highest BCUT2D eigenvalue weighted by Gasteiger charge is 2.06. The number of hydrogen-bond acceptors (Lipinski definition) is 5. The monoisotopic (exact) mass is 296 g/mol. The van der Waals surface area contributed by atoms with Gasteiger partial charge in [0.15, 0.2) is 6.61 Å². The number of aliphatic hydroxyl groups excluding tert-OH is 1. The Balaban J connectivity index is 1.61. The van der Waals surface area contributed by atoms with Crippen molar-refractivity contribution >= 4 is 0 Å². The van der Waals surface area contributed by atoms with E-state index >= 15 is 0 Å². The van der Waals surface area contributed by atoms with Crippen molar-refractivity contribution in [2.75, 3.05) is 6.61 Å². The molecule has 3 aromatic rings. The molecule has 0 unspecified atom stereocenters. The zero-order valence-corrected chi connectivity index (χ0v) is 12.0. The number of aromatic nitrogens is 2. The van der Waals surface area contributed by atoms with Gasteiger partial charge in [0.25, 0.3) is 5.89 Å². The molecular formula is C17H16N2O3. The fourth-order valence-corrected chi connectivity index (χ4v) is 2.06. The average Bonchev–Trinajstić information content (AvgIpc) is 3.02. The van der Waals surface area contributed by atoms with E-state index in [2.05, 4.69) is 22.3 Å². The van der Waals surface area contributed by atoms with Gasteiger partial charge in [0, 0.05) is 6.42 Å². The van der Waals surface area contributed by atoms with Gasteiger partial charge in [-0.3, -0.25) is 0 Å². The second-order valence-corrected chi connectivity index (χ2v) is 4.74. The Kier molecular flexibility index (Phi) is 4.46. The molecule has 1 N–H and O–H groups in total. The molecule has 0 fully saturated rings. The van der Waals surface area contributed by atoms with Crippen molar-refractivity contribution in [2.24, 2.45) is 0 Å². The highest BCUT2D eigenvalue weighted by atomic mass is 16.5. The van der Waals surface area contributed by atoms with Crippen LogP contribution in [0.1, 0.15) is 11.8 Å². The van der Waals surface area contributed by atoms with Gasteiger partial charge in [-0.25, -0.2) is 0 Å². The molecule has 112 valence electrons. The Morgan fingerprint density at radius 1 is 0.864 bits per heavy atom. The van der Waals surface area contributed by atoms with Crippen LogP contribution >= 0.6 is 0 Å². The maximum absolute atomic E-state index is 8.80. The van der Waals surface area contributed by atoms with E-state index in [-0.39, 0.29) is 13.2 Å². The maximum atomic E-state index is 8.80. The van der Waals surface area contributed by atoms with E-state index in [9.17, 15) is 0 Å². The fraction of sp³-hybridized carbons (Fsp3) is 0.176. The predicted molar refractivity (Wildman–Crippen MR) is 81.3 cm³/mol. The van der Waals surface area contributed by atoms with Crippen molar-refractivity contribution in [1.82, 2.24) is 10.2 Å². The fourth-order valence-electron chi connectivity index (χ4n) is 2.06. The number of rotatable bonds is 6. The summed E-state index contributed by atoms with van der Waals surface area (Å²) < 4.78 is 10.9. The molecule has 5 nitrogen and oxygen atoms in total. The Morgan fingerprint density at radius 2 is 1.55 bits per heavy atom. The van der Waals surface area contributed by atoms with Crippen LogP contribution in [0.3, 0.4) is 0 Å². The summed E-state index contributed by atoms with van der Waals surface area (Å²) in [5.41, 5.74) is 2.30. The molecular weight excluding hydrogens is 280 g/mol. The standard InChI is InChI=1S/C17H16N2O3/c20-11-10-16-18-19-17(22-16)12-21-15-8-6-14(7-9-15)13-4-2-1-3-5-13/h1-9,20H,10-12H2. The van der Waals surface area contributed by atoms with Crippen LogP contribution in [0.15, 0.2) is 59.0 Å². The van der Waals surface area contributed by atoms with Gasteiger partial charge in [-0.1, -0.05) is 42.5 Å². The zero-order valence-electron chi connectivity index (χ0n) is 12.0. The highest BCUT2D eigenvalue weighted by molar-refractivity contribution is 5.63. The SMILES string of the molecule is OCCc1nnc(COc2ccc(-c3ccccc3)cc2)o1. The molecule has 3 rings (SSSR count). The summed E-state index contributed by atoms with van der Waals surface area (Å²) in [6, 6.07) is 18.0. The lowest BCUT2D eigenvalue weighted by Crippen LogP contribution is -1.95. The topological polar surface area (TPSA) is 68.4 Å². The first-order valence-electron chi connectivity index (χ1n) is 7.05. The van der Waals surface area contributed by atoms with Crippen molar-refractivity contribution in [2.45, 2.75) is 13.0 Å². The summed E-state index contributed by atoms with van der Waals surface area (Å²) in [6.07, 6.45) is 0.360. The molecule has 22 heavy (non-hydrogen) atoms. The Morgan fingerprint density at radius 3 is 2.27 bits per heavy atom. The molecule has 1 heterocycles. The van der Waals surface area contributed by atoms with Crippen LogP contribution in [0.5, 0.6) is 5.75 Å². The first-order valence-corrected chi connectivity index (χ1v) is 7.05. The van der Waals surface area contributed by atoms with Crippen LogP contribution in [0.2, 0.25) is 0 Å². The van der Waals surface area contributed by atoms with Crippen LogP contribution in [0, 0.1) is 0 Å². The molecule has 0 spiro atoms. The quantitative estimate of drug-likeness (QED) is 0.757. The minimum Gasteiger partial charge on any atom is -0.484 e. The Labute approximate surface area is 128 Å². The molecule has 0 atom stereocenters. The number of hydrogen-bond donors (Lipinski definition) is 1. The second kappa shape index (κ2) is 6.87. The molecule has 2 aromatic carbocycles. The number of ether oxygens (including phenoxy) is 1. The van der Waals surface area contributed by atoms with Gasteiger partial charge in [0.2, 0.25) is 5.89 Å². The maximum Gasteiger partial charge on any atom is 0.253 e. The molecule has 1 aromatic heterocycles. The zero-order chi connectivity index (χ0) is 15.2. The molecule has 5 heteroatoms. The molecule has 0 saturated heterocycles. The van der Waals surface area contributed by atoms with Crippen LogP contribution in [-0.2, 0) is 13.0 Å². The van der Waals surface area contributed by atoms with Crippen molar-refractivity contribution < 1.29 is 14.3 Å². The third kappa shape index (κ3) is 3.51. The van der Waals surface area contributed by atoms with Crippen LogP contribution < -0.4 is 4.74 Å². The van der Waals surface area contributed by atoms with Crippen LogP contribution in [0.4, 0.5) is 0 Å². The number of benzene rings is 2. The average molecular weight is 296 g/mol. The van der Waals surface area contributed by atoms with E-state index in [1.807, 2.05) is 42.5 Å². The van der Waals surface area contributed by atoms with Crippen molar-refractivity contribution in [3.8, 4) is 16.9 Å². The van der Waals surface area contributed by atoms with E-state index in [1.165, 1.54) is 5.56 Å². The van der Waals surface area contributed by atoms with Crippen molar-refractivity contribution in [3.05, 3.63) is 66.4 Å². The summed E-state index contributed by atoms with van der Waals surface area (Å²) in [5.74, 6) is 1.55. The van der Waals surface area contributed by atoms with E-state index in [0.717, 1.165) is 11.3 Å². The molecule has 0 amide bonds. The molecule has 0 aliphatic rings. The summed E-state index contributed by atoms with van der Waals surface area (Å²) >= 11 is 0. The van der Waals surface area contributed by atoms with Gasteiger partial charge < -0.3 is 14.3 Å². The lowest BCUT2D eigenvalue weighted by molar-refractivity contribution is 0.250. The number of aliphatic hydroxyl groups is 1. The smallest absolute Gasteiger partial charge is 0.253 e. The summed E-state index contributed by atoms with van der Waals surface area (Å²) in [6.45, 7) is 0.201. The van der Waals surface area contributed by atoms with E-state index in [0.29, 0.717) is 18.2 Å². The molecule has 0 bridgehead atoms. The third-order valence-electron chi connectivity index (χ3n) is 3.16. The van der Waals surface area contributed by atoms with E-state index in [4.69, 9.17) is 14.3 Å². The summed E-state index contributed by atoms with van der Waals surface area (Å²) in [4.78, 5) is 0. The molecule has 0 aliphatic carbocycles. The lowest BCUT2D eigenvalue weighted by Gasteiger charge is -2.05. The first-order chi connectivity index (χ1) is 10.8. The van der Waals surface area contributed by atoms with Crippen LogP contribution in [0.25, 0.3) is 11.1 Å². The normalized spacial score (nSPS) is 10.6. The molecule has 0 radical (unpaired) electrons. The van der Waals surface area contributed by atoms with Gasteiger partial charge >= 0.3 is 0 Å². The molecule has 0 aliphatic heterocycles. The van der Waals surface area contributed by atoms with Crippen molar-refractivity contribution in [1.29, 1.82) is 0 Å². The largest absolute Gasteiger partial charge is 0.484 e. The van der Waals surface area contributed by atoms with Gasteiger partial charge in [-0.2, -0.15) is 0 Å². The minimum absolute atomic E-state index is 0.0105. The van der Waals surface area contributed by atoms with Crippen molar-refractivity contribution in [3.63, 3.8) is 0 Å². The Bertz CT molecular complexity index is 708. The highest BCUT2D eigenvalue weighted by Crippen LogP contribution is 2.22. The van der Waals surface area contributed by atoms with E-state index < -0.39 is 0 Å². The van der Waals surface area contributed by atoms with Gasteiger partial charge in [0.05, 0.1) is 6.61 Å². The van der Waals surface area contributed by atoms with E-state index in [1.54, 1.807) is 0 Å². The van der Waals surface area contributed by atoms with Crippen LogP contribution in [-0.4, -0.2) is 21.9 Å². The Hall–Kier alpha value is -2.66. The predicted octanol–water partition coefficient (Wildman–Crippen LogP) is 2.85. The number of nitrogens with zero attached hydrogens (tertiary/aromatic N) is 2. The first kappa shape index (κ1) is 14.3. The lowest BCUT2D eigenvalue weighted by atomic mass is 10.1. The van der Waals surface area contributed by atoms with Gasteiger partial charge in [0.1, 0.15) is 5.75 Å². The van der Waals surface area contributed by atoms with Gasteiger partial charge in [-0.05, 0) is 23.3 Å². The second-order valence-electron chi connectivity index (χ2n) is 4.74. The molecule has 0 saturated carbocycles. The summed E-state index contributed by atoms with van der Waals surface area (Å²) in [5, 5.41) is 16.5. The minimum atomic E-state index is -0.0105.